The lowest BCUT2D eigenvalue weighted by atomic mass is 10.1. The number of nitrogens with zero attached hydrogens (tertiary/aromatic N) is 5. The van der Waals surface area contributed by atoms with Crippen LogP contribution in [0.3, 0.4) is 0 Å². The minimum atomic E-state index is -3.95. The van der Waals surface area contributed by atoms with Crippen molar-refractivity contribution >= 4 is 49.0 Å². The Kier molecular flexibility index (Phi) is 5.97. The molecule has 2 aliphatic heterocycles. The molecule has 5 heterocycles. The van der Waals surface area contributed by atoms with Crippen LogP contribution in [0.2, 0.25) is 5.02 Å². The first-order valence-electron chi connectivity index (χ1n) is 11.3. The maximum Gasteiger partial charge on any atom is 0.292 e. The highest BCUT2D eigenvalue weighted by Crippen LogP contribution is 2.37. The predicted octanol–water partition coefficient (Wildman–Crippen LogP) is 2.03. The number of aromatic nitrogens is 3. The van der Waals surface area contributed by atoms with Gasteiger partial charge in [-0.05, 0) is 41.3 Å². The number of hydrogen-bond acceptors (Lipinski definition) is 9. The van der Waals surface area contributed by atoms with Crippen LogP contribution in [0.5, 0.6) is 0 Å². The molecule has 4 unspecified atom stereocenters. The van der Waals surface area contributed by atoms with Crippen LogP contribution in [0.4, 0.5) is 0 Å². The van der Waals surface area contributed by atoms with E-state index in [9.17, 15) is 23.4 Å². The third-order valence-corrected chi connectivity index (χ3v) is 10.4. The molecule has 1 aromatic carbocycles. The Morgan fingerprint density at radius 2 is 1.62 bits per heavy atom. The van der Waals surface area contributed by atoms with Crippen molar-refractivity contribution < 1.29 is 23.4 Å². The molecule has 0 spiro atoms. The van der Waals surface area contributed by atoms with Gasteiger partial charge < -0.3 is 15.1 Å². The average Bonchev–Trinajstić information content (AvgIpc) is 3.41. The first-order chi connectivity index (χ1) is 17.7. The van der Waals surface area contributed by atoms with Crippen LogP contribution in [-0.2, 0) is 10.0 Å². The zero-order valence-corrected chi connectivity index (χ0v) is 21.4. The van der Waals surface area contributed by atoms with Crippen molar-refractivity contribution in [3.8, 4) is 11.1 Å². The van der Waals surface area contributed by atoms with Gasteiger partial charge in [0, 0.05) is 53.2 Å². The van der Waals surface area contributed by atoms with Crippen molar-refractivity contribution in [3.05, 3.63) is 72.0 Å². The zero-order valence-electron chi connectivity index (χ0n) is 19.0. The summed E-state index contributed by atoms with van der Waals surface area (Å²) in [5.41, 5.74) is 1.53. The Bertz CT molecular complexity index is 1580. The highest BCUT2D eigenvalue weighted by molar-refractivity contribution is 7.91. The van der Waals surface area contributed by atoms with Gasteiger partial charge in [0.2, 0.25) is 5.82 Å². The second kappa shape index (κ2) is 9.08. The number of carbonyl (C=O) groups is 1. The van der Waals surface area contributed by atoms with E-state index in [4.69, 9.17) is 11.6 Å². The van der Waals surface area contributed by atoms with Crippen LogP contribution in [0.1, 0.15) is 10.6 Å². The molecule has 0 aliphatic carbocycles. The summed E-state index contributed by atoms with van der Waals surface area (Å²) in [5, 5.41) is 22.7. The number of hydrogen-bond donors (Lipinski definition) is 2. The topological polar surface area (TPSA) is 137 Å². The molecular formula is C24H20ClN5O5S2. The summed E-state index contributed by atoms with van der Waals surface area (Å²) >= 11 is 7.14. The van der Waals surface area contributed by atoms with Crippen LogP contribution in [0.25, 0.3) is 21.2 Å². The number of aliphatic hydroxyl groups excluding tert-OH is 2. The minimum absolute atomic E-state index is 0.105. The largest absolute Gasteiger partial charge is 0.388 e. The quantitative estimate of drug-likeness (QED) is 0.389. The van der Waals surface area contributed by atoms with E-state index in [1.807, 2.05) is 0 Å². The lowest BCUT2D eigenvalue weighted by molar-refractivity contribution is 0.0352. The molecule has 2 N–H and O–H groups in total. The van der Waals surface area contributed by atoms with Gasteiger partial charge in [0.05, 0.1) is 12.1 Å². The highest BCUT2D eigenvalue weighted by atomic mass is 35.5. The fraction of sp³-hybridized carbons (Fsp3) is 0.250. The fourth-order valence-electron chi connectivity index (χ4n) is 4.89. The maximum absolute atomic E-state index is 13.5. The van der Waals surface area contributed by atoms with Crippen molar-refractivity contribution in [2.75, 3.05) is 13.1 Å². The number of aliphatic hydroxyl groups is 2. The summed E-state index contributed by atoms with van der Waals surface area (Å²) in [5.74, 6) is -0.688. The Morgan fingerprint density at radius 3 is 2.27 bits per heavy atom. The number of benzene rings is 1. The van der Waals surface area contributed by atoms with Crippen LogP contribution < -0.4 is 0 Å². The molecule has 0 saturated carbocycles. The number of carbonyl (C=O) groups excluding carboxylic acids is 1. The number of fused-ring (bicyclic) bond motifs is 3. The van der Waals surface area contributed by atoms with Crippen LogP contribution in [0, 0.1) is 0 Å². The summed E-state index contributed by atoms with van der Waals surface area (Å²) < 4.78 is 29.1. The smallest absolute Gasteiger partial charge is 0.292 e. The van der Waals surface area contributed by atoms with Crippen molar-refractivity contribution in [1.29, 1.82) is 0 Å². The summed E-state index contributed by atoms with van der Waals surface area (Å²) in [6.07, 6.45) is 3.67. The Morgan fingerprint density at radius 1 is 0.973 bits per heavy atom. The molecule has 2 fully saturated rings. The summed E-state index contributed by atoms with van der Waals surface area (Å²) in [6, 6.07) is 8.39. The van der Waals surface area contributed by atoms with Gasteiger partial charge in [0.25, 0.3) is 15.9 Å². The highest BCUT2D eigenvalue weighted by Gasteiger charge is 2.56. The van der Waals surface area contributed by atoms with Gasteiger partial charge in [-0.15, -0.1) is 11.3 Å². The first-order valence-corrected chi connectivity index (χ1v) is 14.0. The van der Waals surface area contributed by atoms with Crippen LogP contribution >= 0.6 is 22.9 Å². The van der Waals surface area contributed by atoms with E-state index in [1.54, 1.807) is 48.8 Å². The van der Waals surface area contributed by atoms with Crippen molar-refractivity contribution in [2.45, 2.75) is 28.5 Å². The number of sulfonamides is 1. The molecule has 6 rings (SSSR count). The van der Waals surface area contributed by atoms with E-state index in [1.165, 1.54) is 21.6 Å². The van der Waals surface area contributed by atoms with E-state index in [0.717, 1.165) is 27.0 Å². The summed E-state index contributed by atoms with van der Waals surface area (Å²) in [6.45, 7) is -0.347. The third kappa shape index (κ3) is 4.10. The molecule has 0 radical (unpaired) electrons. The number of halogens is 1. The number of rotatable bonds is 4. The number of thiophene rings is 1. The molecule has 190 valence electrons. The number of pyridine rings is 1. The van der Waals surface area contributed by atoms with Gasteiger partial charge >= 0.3 is 0 Å². The molecule has 3 aromatic heterocycles. The van der Waals surface area contributed by atoms with Gasteiger partial charge in [-0.1, -0.05) is 17.7 Å². The lowest BCUT2D eigenvalue weighted by Crippen LogP contribution is -2.59. The van der Waals surface area contributed by atoms with E-state index >= 15 is 0 Å². The molecule has 1 amide bonds. The van der Waals surface area contributed by atoms with Gasteiger partial charge in [0.1, 0.15) is 16.4 Å². The summed E-state index contributed by atoms with van der Waals surface area (Å²) in [7, 11) is -3.95. The van der Waals surface area contributed by atoms with Crippen LogP contribution in [-0.4, -0.2) is 86.1 Å². The molecule has 2 bridgehead atoms. The van der Waals surface area contributed by atoms with E-state index in [0.29, 0.717) is 10.6 Å². The van der Waals surface area contributed by atoms with Crippen molar-refractivity contribution in [2.24, 2.45) is 0 Å². The predicted molar refractivity (Wildman–Crippen MR) is 137 cm³/mol. The van der Waals surface area contributed by atoms with Gasteiger partial charge in [0.15, 0.2) is 0 Å². The fourth-order valence-corrected chi connectivity index (χ4v) is 8.20. The maximum atomic E-state index is 13.5. The minimum Gasteiger partial charge on any atom is -0.388 e. The molecule has 4 atom stereocenters. The van der Waals surface area contributed by atoms with Crippen LogP contribution in [0.15, 0.2) is 65.4 Å². The van der Waals surface area contributed by atoms with Gasteiger partial charge in [-0.3, -0.25) is 9.78 Å². The third-order valence-electron chi connectivity index (χ3n) is 6.78. The SMILES string of the molecule is O=C(c1ncc(-c2ccncc2)cn1)N1C2CN(S(=O)(=O)c3cc4ccc(Cl)cc4s3)CC1C(O)C2O. The molecule has 10 nitrogen and oxygen atoms in total. The lowest BCUT2D eigenvalue weighted by Gasteiger charge is -2.39. The van der Waals surface area contributed by atoms with E-state index in [2.05, 4.69) is 15.0 Å². The Balaban J connectivity index is 1.27. The zero-order chi connectivity index (χ0) is 25.9. The van der Waals surface area contributed by atoms with E-state index < -0.39 is 40.2 Å². The molecule has 37 heavy (non-hydrogen) atoms. The van der Waals surface area contributed by atoms with Gasteiger partial charge in [-0.2, -0.15) is 4.31 Å². The monoisotopic (exact) mass is 557 g/mol. The normalized spacial score (nSPS) is 24.0. The number of piperazine rings is 1. The Hall–Kier alpha value is -3.00. The molecule has 2 aliphatic rings. The first kappa shape index (κ1) is 24.3. The van der Waals surface area contributed by atoms with Crippen molar-refractivity contribution in [3.63, 3.8) is 0 Å². The molecule has 13 heteroatoms. The van der Waals surface area contributed by atoms with E-state index in [-0.39, 0.29) is 23.1 Å². The summed E-state index contributed by atoms with van der Waals surface area (Å²) in [4.78, 5) is 27.0. The Labute approximate surface area is 220 Å². The van der Waals surface area contributed by atoms with Gasteiger partial charge in [-0.25, -0.2) is 18.4 Å². The van der Waals surface area contributed by atoms with Crippen molar-refractivity contribution in [1.82, 2.24) is 24.2 Å². The second-order valence-electron chi connectivity index (χ2n) is 8.93. The molecule has 2 saturated heterocycles. The molecule has 4 aromatic rings. The number of amides is 1. The average molecular weight is 558 g/mol. The molecular weight excluding hydrogens is 538 g/mol. The standard InChI is InChI=1S/C24H20ClN5O5S2/c25-16-2-1-14-7-20(36-19(14)8-16)37(34,35)29-11-17-21(31)22(32)18(12-29)30(17)24(33)23-27-9-15(10-28-23)13-3-5-26-6-4-13/h1-10,17-18,21-22,31-32H,11-12H2. The second-order valence-corrected chi connectivity index (χ2v) is 12.6.